The van der Waals surface area contributed by atoms with E-state index in [0.717, 1.165) is 28.5 Å². The van der Waals surface area contributed by atoms with Crippen molar-refractivity contribution in [3.8, 4) is 11.1 Å². The molecule has 0 radical (unpaired) electrons. The summed E-state index contributed by atoms with van der Waals surface area (Å²) in [6, 6.07) is 2.83. The van der Waals surface area contributed by atoms with Gasteiger partial charge in [0.25, 0.3) is 5.56 Å². The zero-order valence-corrected chi connectivity index (χ0v) is 17.9. The van der Waals surface area contributed by atoms with E-state index in [-0.39, 0.29) is 41.3 Å². The van der Waals surface area contributed by atoms with Crippen LogP contribution < -0.4 is 11.2 Å². The summed E-state index contributed by atoms with van der Waals surface area (Å²) < 4.78 is 82.2. The van der Waals surface area contributed by atoms with E-state index < -0.39 is 51.9 Å². The van der Waals surface area contributed by atoms with Crippen molar-refractivity contribution in [1.29, 1.82) is 0 Å². The number of nitrogens with one attached hydrogen (secondary N) is 1. The minimum atomic E-state index is -4.96. The van der Waals surface area contributed by atoms with Gasteiger partial charge in [-0.2, -0.15) is 13.2 Å². The minimum Gasteiger partial charge on any atom is -0.382 e. The van der Waals surface area contributed by atoms with E-state index in [4.69, 9.17) is 9.47 Å². The van der Waals surface area contributed by atoms with Crippen LogP contribution in [0.25, 0.3) is 22.0 Å². The predicted octanol–water partition coefficient (Wildman–Crippen LogP) is 3.79. The van der Waals surface area contributed by atoms with E-state index in [1.807, 2.05) is 4.98 Å². The van der Waals surface area contributed by atoms with Gasteiger partial charge in [0.2, 0.25) is 0 Å². The number of hydrogen-bond acceptors (Lipinski definition) is 5. The summed E-state index contributed by atoms with van der Waals surface area (Å²) in [5.41, 5.74) is -4.21. The van der Waals surface area contributed by atoms with Crippen LogP contribution in [0.15, 0.2) is 38.8 Å². The standard InChI is InChI=1S/C21H17F5N2O4S/c1-31-4-5-32-11-8-28-17-13(19(29)27-20(28)30)7-14(21(24,25)26)16(18(17)33-9-11)12-3-2-10(22)6-15(12)23/h2-3,6-7,11H,4-5,8-9H2,1H3,(H,27,29,30). The molecule has 1 aromatic heterocycles. The molecular weight excluding hydrogens is 471 g/mol. The average Bonchev–Trinajstić information content (AvgIpc) is 2.92. The first kappa shape index (κ1) is 23.5. The largest absolute Gasteiger partial charge is 0.417 e. The van der Waals surface area contributed by atoms with Crippen LogP contribution >= 0.6 is 11.8 Å². The smallest absolute Gasteiger partial charge is 0.382 e. The number of ether oxygens (including phenoxy) is 2. The number of halogens is 5. The van der Waals surface area contributed by atoms with E-state index in [2.05, 4.69) is 0 Å². The van der Waals surface area contributed by atoms with Crippen molar-refractivity contribution < 1.29 is 31.4 Å². The van der Waals surface area contributed by atoms with Crippen LogP contribution in [0.2, 0.25) is 0 Å². The Bertz CT molecular complexity index is 1340. The van der Waals surface area contributed by atoms with Gasteiger partial charge in [-0.25, -0.2) is 13.6 Å². The Hall–Kier alpha value is -2.70. The fourth-order valence-electron chi connectivity index (χ4n) is 3.75. The van der Waals surface area contributed by atoms with Gasteiger partial charge >= 0.3 is 11.9 Å². The summed E-state index contributed by atoms with van der Waals surface area (Å²) in [6.07, 6.45) is -5.57. The fourth-order valence-corrected chi connectivity index (χ4v) is 5.03. The number of alkyl halides is 3. The molecule has 0 amide bonds. The highest BCUT2D eigenvalue weighted by molar-refractivity contribution is 7.99. The number of nitrogens with zero attached hydrogens (tertiary/aromatic N) is 1. The molecule has 1 unspecified atom stereocenters. The van der Waals surface area contributed by atoms with Gasteiger partial charge in [0, 0.05) is 35.0 Å². The van der Waals surface area contributed by atoms with Crippen LogP contribution in [0.1, 0.15) is 5.56 Å². The highest BCUT2D eigenvalue weighted by Gasteiger charge is 2.38. The van der Waals surface area contributed by atoms with Gasteiger partial charge in [-0.3, -0.25) is 14.3 Å². The predicted molar refractivity (Wildman–Crippen MR) is 112 cm³/mol. The fraction of sp³-hybridized carbons (Fsp3) is 0.333. The van der Waals surface area contributed by atoms with Gasteiger partial charge in [0.05, 0.1) is 42.3 Å². The van der Waals surface area contributed by atoms with Gasteiger partial charge in [-0.05, 0) is 18.2 Å². The minimum absolute atomic E-state index is 0.0491. The zero-order chi connectivity index (χ0) is 23.9. The van der Waals surface area contributed by atoms with Crippen molar-refractivity contribution in [2.45, 2.75) is 23.7 Å². The van der Waals surface area contributed by atoms with Crippen molar-refractivity contribution in [2.24, 2.45) is 0 Å². The monoisotopic (exact) mass is 488 g/mol. The van der Waals surface area contributed by atoms with Crippen LogP contribution in [0.3, 0.4) is 0 Å². The van der Waals surface area contributed by atoms with Crippen molar-refractivity contribution in [1.82, 2.24) is 9.55 Å². The first-order valence-electron chi connectivity index (χ1n) is 9.71. The Morgan fingerprint density at radius 3 is 2.61 bits per heavy atom. The number of rotatable bonds is 5. The van der Waals surface area contributed by atoms with Crippen molar-refractivity contribution in [3.05, 3.63) is 62.3 Å². The number of methoxy groups -OCH3 is 1. The highest BCUT2D eigenvalue weighted by Crippen LogP contribution is 2.47. The van der Waals surface area contributed by atoms with Crippen LogP contribution in [-0.4, -0.2) is 41.7 Å². The number of aromatic nitrogens is 2. The zero-order valence-electron chi connectivity index (χ0n) is 17.1. The van der Waals surface area contributed by atoms with Gasteiger partial charge in [0.15, 0.2) is 0 Å². The molecule has 0 aliphatic carbocycles. The molecule has 12 heteroatoms. The van der Waals surface area contributed by atoms with E-state index in [0.29, 0.717) is 12.1 Å². The lowest BCUT2D eigenvalue weighted by Crippen LogP contribution is -2.34. The third-order valence-electron chi connectivity index (χ3n) is 5.18. The van der Waals surface area contributed by atoms with E-state index in [1.54, 1.807) is 0 Å². The Kier molecular flexibility index (Phi) is 6.34. The summed E-state index contributed by atoms with van der Waals surface area (Å²) >= 11 is 0.911. The van der Waals surface area contributed by atoms with Crippen molar-refractivity contribution in [3.63, 3.8) is 0 Å². The molecular formula is C21H17F5N2O4S. The molecule has 176 valence electrons. The Morgan fingerprint density at radius 1 is 1.18 bits per heavy atom. The molecule has 1 aliphatic heterocycles. The summed E-state index contributed by atoms with van der Waals surface area (Å²) in [4.78, 5) is 27.0. The molecule has 1 atom stereocenters. The molecule has 2 heterocycles. The third kappa shape index (κ3) is 4.42. The molecule has 0 spiro atoms. The van der Waals surface area contributed by atoms with Crippen LogP contribution in [0.4, 0.5) is 22.0 Å². The molecule has 4 rings (SSSR count). The second-order valence-corrected chi connectivity index (χ2v) is 8.34. The summed E-state index contributed by atoms with van der Waals surface area (Å²) in [5.74, 6) is -2.04. The number of thioether (sulfide) groups is 1. The molecule has 0 saturated carbocycles. The molecule has 1 N–H and O–H groups in total. The maximum atomic E-state index is 14.7. The average molecular weight is 488 g/mol. The second-order valence-electron chi connectivity index (χ2n) is 7.31. The second kappa shape index (κ2) is 8.92. The summed E-state index contributed by atoms with van der Waals surface area (Å²) in [7, 11) is 1.47. The molecule has 0 bridgehead atoms. The van der Waals surface area contributed by atoms with Crippen LogP contribution in [-0.2, 0) is 22.2 Å². The maximum absolute atomic E-state index is 14.7. The lowest BCUT2D eigenvalue weighted by atomic mass is 9.96. The number of hydrogen-bond donors (Lipinski definition) is 1. The summed E-state index contributed by atoms with van der Waals surface area (Å²) in [5, 5.41) is -0.367. The van der Waals surface area contributed by atoms with Gasteiger partial charge in [-0.1, -0.05) is 0 Å². The first-order valence-corrected chi connectivity index (χ1v) is 10.7. The third-order valence-corrected chi connectivity index (χ3v) is 6.41. The molecule has 0 saturated heterocycles. The quantitative estimate of drug-likeness (QED) is 0.437. The molecule has 1 aliphatic rings. The van der Waals surface area contributed by atoms with E-state index in [9.17, 15) is 31.5 Å². The molecule has 6 nitrogen and oxygen atoms in total. The van der Waals surface area contributed by atoms with Crippen molar-refractivity contribution >= 4 is 22.7 Å². The number of benzene rings is 2. The normalized spacial score (nSPS) is 16.2. The highest BCUT2D eigenvalue weighted by atomic mass is 32.2. The number of H-pyrrole nitrogens is 1. The van der Waals surface area contributed by atoms with Crippen LogP contribution in [0, 0.1) is 11.6 Å². The van der Waals surface area contributed by atoms with E-state index in [1.165, 1.54) is 7.11 Å². The SMILES string of the molecule is COCCOC1CSc2c(-c3ccc(F)cc3F)c(C(F)(F)F)cc3c(=O)[nH]c(=O)n(c23)C1. The molecule has 0 fully saturated rings. The Morgan fingerprint density at radius 2 is 1.94 bits per heavy atom. The first-order chi connectivity index (χ1) is 15.6. The summed E-state index contributed by atoms with van der Waals surface area (Å²) in [6.45, 7) is 0.382. The number of aromatic amines is 1. The van der Waals surface area contributed by atoms with Crippen LogP contribution in [0.5, 0.6) is 0 Å². The van der Waals surface area contributed by atoms with Gasteiger partial charge in [-0.15, -0.1) is 11.8 Å². The van der Waals surface area contributed by atoms with Gasteiger partial charge < -0.3 is 9.47 Å². The molecule has 33 heavy (non-hydrogen) atoms. The lowest BCUT2D eigenvalue weighted by molar-refractivity contribution is -0.137. The van der Waals surface area contributed by atoms with E-state index >= 15 is 0 Å². The maximum Gasteiger partial charge on any atom is 0.417 e. The molecule has 3 aromatic rings. The Balaban J connectivity index is 2.06. The lowest BCUT2D eigenvalue weighted by Gasteiger charge is -2.20. The molecule has 2 aromatic carbocycles. The topological polar surface area (TPSA) is 73.3 Å². The van der Waals surface area contributed by atoms with Gasteiger partial charge in [0.1, 0.15) is 11.6 Å². The van der Waals surface area contributed by atoms with Crippen molar-refractivity contribution in [2.75, 3.05) is 26.1 Å². The Labute approximate surface area is 187 Å².